The molecule has 0 fully saturated rings. The minimum atomic E-state index is 0.270. The summed E-state index contributed by atoms with van der Waals surface area (Å²) >= 11 is 6.02. The highest BCUT2D eigenvalue weighted by Crippen LogP contribution is 2.32. The van der Waals surface area contributed by atoms with Crippen molar-refractivity contribution in [2.75, 3.05) is 25.8 Å². The number of rotatable bonds is 5. The summed E-state index contributed by atoms with van der Waals surface area (Å²) in [6, 6.07) is 15.5. The fourth-order valence-corrected chi connectivity index (χ4v) is 3.06. The lowest BCUT2D eigenvalue weighted by atomic mass is 10.2. The second kappa shape index (κ2) is 8.10. The smallest absolute Gasteiger partial charge is 0.304 e. The van der Waals surface area contributed by atoms with Crippen molar-refractivity contribution in [1.29, 1.82) is 0 Å². The number of aromatic nitrogens is 2. The van der Waals surface area contributed by atoms with Crippen molar-refractivity contribution >= 4 is 17.4 Å². The van der Waals surface area contributed by atoms with Crippen molar-refractivity contribution in [1.82, 2.24) is 9.55 Å². The summed E-state index contributed by atoms with van der Waals surface area (Å²) in [6.07, 6.45) is 0. The van der Waals surface area contributed by atoms with Gasteiger partial charge in [-0.1, -0.05) is 23.7 Å². The number of benzene rings is 2. The summed E-state index contributed by atoms with van der Waals surface area (Å²) < 4.78 is 13.3. The monoisotopic (exact) mass is 401 g/mol. The SMILES string of the molecule is COc1ccc(Oc2nc3c(n2Cc2ccc(Cl)cc2)COOCN3C)cc1. The Labute approximate surface area is 167 Å². The third-order valence-corrected chi connectivity index (χ3v) is 4.68. The zero-order valence-electron chi connectivity index (χ0n) is 15.6. The minimum absolute atomic E-state index is 0.270. The number of methoxy groups -OCH3 is 1. The van der Waals surface area contributed by atoms with Gasteiger partial charge in [0, 0.05) is 12.1 Å². The maximum absolute atomic E-state index is 6.09. The summed E-state index contributed by atoms with van der Waals surface area (Å²) in [4.78, 5) is 17.0. The molecule has 1 aliphatic rings. The molecule has 1 aliphatic heterocycles. The normalized spacial score (nSPS) is 13.8. The van der Waals surface area contributed by atoms with Crippen molar-refractivity contribution in [2.45, 2.75) is 13.2 Å². The average molecular weight is 402 g/mol. The second-order valence-corrected chi connectivity index (χ2v) is 6.80. The maximum Gasteiger partial charge on any atom is 0.304 e. The lowest BCUT2D eigenvalue weighted by molar-refractivity contribution is -0.300. The van der Waals surface area contributed by atoms with E-state index in [1.165, 1.54) is 0 Å². The first kappa shape index (κ1) is 18.6. The van der Waals surface area contributed by atoms with E-state index in [1.807, 2.05) is 65.0 Å². The second-order valence-electron chi connectivity index (χ2n) is 6.36. The molecule has 2 aromatic carbocycles. The third kappa shape index (κ3) is 3.91. The van der Waals surface area contributed by atoms with Crippen LogP contribution in [0.2, 0.25) is 5.02 Å². The highest BCUT2D eigenvalue weighted by atomic mass is 35.5. The van der Waals surface area contributed by atoms with Gasteiger partial charge in [-0.15, -0.1) is 0 Å². The minimum Gasteiger partial charge on any atom is -0.497 e. The van der Waals surface area contributed by atoms with E-state index in [0.717, 1.165) is 22.8 Å². The highest BCUT2D eigenvalue weighted by molar-refractivity contribution is 6.30. The molecule has 0 saturated carbocycles. The van der Waals surface area contributed by atoms with Crippen LogP contribution in [-0.2, 0) is 22.9 Å². The van der Waals surface area contributed by atoms with Crippen LogP contribution in [0.15, 0.2) is 48.5 Å². The van der Waals surface area contributed by atoms with Gasteiger partial charge in [0.1, 0.15) is 18.1 Å². The molecule has 146 valence electrons. The first-order valence-electron chi connectivity index (χ1n) is 8.75. The van der Waals surface area contributed by atoms with Crippen LogP contribution < -0.4 is 14.4 Å². The van der Waals surface area contributed by atoms with E-state index < -0.39 is 0 Å². The topological polar surface area (TPSA) is 58.0 Å². The van der Waals surface area contributed by atoms with E-state index in [2.05, 4.69) is 0 Å². The largest absolute Gasteiger partial charge is 0.497 e. The summed E-state index contributed by atoms with van der Waals surface area (Å²) in [6.45, 7) is 1.11. The summed E-state index contributed by atoms with van der Waals surface area (Å²) in [5, 5.41) is 0.694. The molecular weight excluding hydrogens is 382 g/mol. The van der Waals surface area contributed by atoms with Gasteiger partial charge in [-0.2, -0.15) is 4.98 Å². The Bertz CT molecular complexity index is 941. The molecule has 3 aromatic rings. The van der Waals surface area contributed by atoms with Crippen LogP contribution in [0.3, 0.4) is 0 Å². The molecular formula is C20H20ClN3O4. The molecule has 0 bridgehead atoms. The van der Waals surface area contributed by atoms with Crippen molar-refractivity contribution < 1.29 is 19.2 Å². The molecule has 8 heteroatoms. The fraction of sp³-hybridized carbons (Fsp3) is 0.250. The standard InChI is InChI=1S/C20H20ClN3O4/c1-23-13-27-26-12-18-19(23)22-20(28-17-9-7-16(25-2)8-10-17)24(18)11-14-3-5-15(21)6-4-14/h3-10H,11-13H2,1-2H3. The number of halogens is 1. The van der Waals surface area contributed by atoms with Crippen LogP contribution in [0.5, 0.6) is 17.5 Å². The molecule has 1 aromatic heterocycles. The number of nitrogens with zero attached hydrogens (tertiary/aromatic N) is 3. The van der Waals surface area contributed by atoms with Gasteiger partial charge in [-0.3, -0.25) is 4.57 Å². The van der Waals surface area contributed by atoms with Gasteiger partial charge in [0.2, 0.25) is 0 Å². The van der Waals surface area contributed by atoms with E-state index in [4.69, 9.17) is 35.8 Å². The van der Waals surface area contributed by atoms with Crippen molar-refractivity contribution in [3.63, 3.8) is 0 Å². The Balaban J connectivity index is 1.71. The third-order valence-electron chi connectivity index (χ3n) is 4.43. The predicted molar refractivity (Wildman–Crippen MR) is 105 cm³/mol. The van der Waals surface area contributed by atoms with Gasteiger partial charge in [0.05, 0.1) is 19.3 Å². The Morgan fingerprint density at radius 2 is 1.75 bits per heavy atom. The Morgan fingerprint density at radius 1 is 1.04 bits per heavy atom. The number of hydrogen-bond donors (Lipinski definition) is 0. The first-order chi connectivity index (χ1) is 13.6. The van der Waals surface area contributed by atoms with Crippen LogP contribution in [0.1, 0.15) is 11.3 Å². The van der Waals surface area contributed by atoms with Crippen LogP contribution in [0.25, 0.3) is 0 Å². The van der Waals surface area contributed by atoms with Gasteiger partial charge in [-0.05, 0) is 42.0 Å². The summed E-state index contributed by atoms with van der Waals surface area (Å²) in [7, 11) is 3.52. The molecule has 0 N–H and O–H groups in total. The quantitative estimate of drug-likeness (QED) is 0.596. The zero-order chi connectivity index (χ0) is 19.5. The predicted octanol–water partition coefficient (Wildman–Crippen LogP) is 4.24. The Morgan fingerprint density at radius 3 is 2.46 bits per heavy atom. The van der Waals surface area contributed by atoms with E-state index >= 15 is 0 Å². The van der Waals surface area contributed by atoms with Crippen LogP contribution in [-0.4, -0.2) is 30.4 Å². The van der Waals surface area contributed by atoms with Crippen molar-refractivity contribution in [3.05, 3.63) is 64.8 Å². The molecule has 0 spiro atoms. The van der Waals surface area contributed by atoms with Crippen LogP contribution in [0, 0.1) is 0 Å². The molecule has 0 amide bonds. The summed E-state index contributed by atoms with van der Waals surface area (Å²) in [5.41, 5.74) is 1.94. The molecule has 0 unspecified atom stereocenters. The Kier molecular flexibility index (Phi) is 5.38. The van der Waals surface area contributed by atoms with Gasteiger partial charge in [0.25, 0.3) is 0 Å². The molecule has 0 saturated heterocycles. The van der Waals surface area contributed by atoms with Crippen LogP contribution >= 0.6 is 11.6 Å². The van der Waals surface area contributed by atoms with Gasteiger partial charge in [0.15, 0.2) is 12.5 Å². The van der Waals surface area contributed by atoms with E-state index in [0.29, 0.717) is 23.3 Å². The molecule has 7 nitrogen and oxygen atoms in total. The first-order valence-corrected chi connectivity index (χ1v) is 9.13. The van der Waals surface area contributed by atoms with Gasteiger partial charge in [-0.25, -0.2) is 9.78 Å². The van der Waals surface area contributed by atoms with Crippen molar-refractivity contribution in [3.8, 4) is 17.5 Å². The number of hydrogen-bond acceptors (Lipinski definition) is 6. The van der Waals surface area contributed by atoms with E-state index in [-0.39, 0.29) is 13.3 Å². The van der Waals surface area contributed by atoms with Crippen LogP contribution in [0.4, 0.5) is 5.82 Å². The molecule has 0 atom stereocenters. The summed E-state index contributed by atoms with van der Waals surface area (Å²) in [5.74, 6) is 2.19. The van der Waals surface area contributed by atoms with Gasteiger partial charge >= 0.3 is 6.01 Å². The molecule has 4 rings (SSSR count). The fourth-order valence-electron chi connectivity index (χ4n) is 2.94. The van der Waals surface area contributed by atoms with Gasteiger partial charge < -0.3 is 14.4 Å². The highest BCUT2D eigenvalue weighted by Gasteiger charge is 2.24. The molecule has 28 heavy (non-hydrogen) atoms. The number of imidazole rings is 1. The molecule has 0 radical (unpaired) electrons. The zero-order valence-corrected chi connectivity index (χ0v) is 16.3. The maximum atomic E-state index is 6.09. The number of fused-ring (bicyclic) bond motifs is 1. The van der Waals surface area contributed by atoms with Crippen molar-refractivity contribution in [2.24, 2.45) is 0 Å². The van der Waals surface area contributed by atoms with E-state index in [1.54, 1.807) is 7.11 Å². The average Bonchev–Trinajstić information content (AvgIpc) is 2.93. The number of ether oxygens (including phenoxy) is 2. The lowest BCUT2D eigenvalue weighted by Crippen LogP contribution is -2.19. The van der Waals surface area contributed by atoms with E-state index in [9.17, 15) is 0 Å². The molecule has 2 heterocycles. The lowest BCUT2D eigenvalue weighted by Gasteiger charge is -2.12. The Hall–Kier alpha value is -2.74. The number of anilines is 1. The molecule has 0 aliphatic carbocycles.